The van der Waals surface area contributed by atoms with Crippen molar-refractivity contribution in [2.45, 2.75) is 11.9 Å². The molecule has 106 valence electrons. The highest BCUT2D eigenvalue weighted by Crippen LogP contribution is 2.06. The molecule has 18 heavy (non-hydrogen) atoms. The van der Waals surface area contributed by atoms with Crippen molar-refractivity contribution in [1.29, 1.82) is 0 Å². The number of quaternary nitrogens is 1. The van der Waals surface area contributed by atoms with E-state index in [2.05, 4.69) is 6.58 Å². The van der Waals surface area contributed by atoms with Crippen molar-refractivity contribution in [1.82, 2.24) is 0 Å². The maximum atomic E-state index is 10.8. The van der Waals surface area contributed by atoms with E-state index >= 15 is 0 Å². The van der Waals surface area contributed by atoms with Gasteiger partial charge in [-0.1, -0.05) is 6.58 Å². The molecule has 1 atom stereocenters. The van der Waals surface area contributed by atoms with E-state index in [9.17, 15) is 13.2 Å². The Labute approximate surface area is 107 Å². The van der Waals surface area contributed by atoms with Gasteiger partial charge in [0.05, 0.1) is 20.6 Å². The lowest BCUT2D eigenvalue weighted by molar-refractivity contribution is -0.890. The topological polar surface area (TPSA) is 101 Å². The first-order valence-electron chi connectivity index (χ1n) is 5.34. The molecule has 0 amide bonds. The number of aliphatic hydroxyl groups is 1. The van der Waals surface area contributed by atoms with Crippen LogP contribution in [0.1, 0.15) is 6.42 Å². The molecular formula is C10H20NO6S+. The molecule has 0 bridgehead atoms. The van der Waals surface area contributed by atoms with E-state index in [4.69, 9.17) is 14.4 Å². The van der Waals surface area contributed by atoms with Crippen molar-refractivity contribution in [3.63, 3.8) is 0 Å². The van der Waals surface area contributed by atoms with Crippen LogP contribution in [0.3, 0.4) is 0 Å². The fraction of sp³-hybridized carbons (Fsp3) is 0.700. The molecule has 7 nitrogen and oxygen atoms in total. The first kappa shape index (κ1) is 17.0. The lowest BCUT2D eigenvalue weighted by Gasteiger charge is -2.29. The van der Waals surface area contributed by atoms with E-state index in [1.807, 2.05) is 0 Å². The molecule has 0 aromatic carbocycles. The van der Waals surface area contributed by atoms with E-state index in [-0.39, 0.29) is 13.0 Å². The fourth-order valence-electron chi connectivity index (χ4n) is 1.17. The summed E-state index contributed by atoms with van der Waals surface area (Å²) in [7, 11) is -0.836. The average molecular weight is 282 g/mol. The van der Waals surface area contributed by atoms with Gasteiger partial charge >= 0.3 is 5.97 Å². The highest BCUT2D eigenvalue weighted by atomic mass is 32.2. The third kappa shape index (κ3) is 7.38. The second-order valence-electron chi connectivity index (χ2n) is 4.51. The summed E-state index contributed by atoms with van der Waals surface area (Å²) in [6.07, 6.45) is 0.962. The lowest BCUT2D eigenvalue weighted by atomic mass is 10.3. The average Bonchev–Trinajstić information content (AvgIpc) is 2.24. The molecule has 0 aromatic rings. The Morgan fingerprint density at radius 1 is 1.44 bits per heavy atom. The van der Waals surface area contributed by atoms with Crippen LogP contribution in [0.4, 0.5) is 0 Å². The van der Waals surface area contributed by atoms with Crippen LogP contribution in [-0.4, -0.2) is 67.8 Å². The van der Waals surface area contributed by atoms with Crippen LogP contribution in [0.25, 0.3) is 0 Å². The van der Waals surface area contributed by atoms with E-state index in [1.54, 1.807) is 14.1 Å². The summed E-state index contributed by atoms with van der Waals surface area (Å²) in [6.45, 7) is 4.19. The number of esters is 1. The Morgan fingerprint density at radius 2 is 2.00 bits per heavy atom. The van der Waals surface area contributed by atoms with Gasteiger partial charge in [0.1, 0.15) is 13.2 Å². The van der Waals surface area contributed by atoms with Crippen LogP contribution in [-0.2, 0) is 19.6 Å². The van der Waals surface area contributed by atoms with Crippen molar-refractivity contribution < 1.29 is 32.1 Å². The van der Waals surface area contributed by atoms with Gasteiger partial charge in [0.2, 0.25) is 0 Å². The van der Waals surface area contributed by atoms with Crippen LogP contribution in [0.5, 0.6) is 0 Å². The maximum absolute atomic E-state index is 10.8. The van der Waals surface area contributed by atoms with Gasteiger partial charge in [-0.15, -0.1) is 0 Å². The minimum atomic E-state index is -4.42. The van der Waals surface area contributed by atoms with Crippen LogP contribution in [0.2, 0.25) is 0 Å². The third-order valence-corrected chi connectivity index (χ3v) is 3.36. The summed E-state index contributed by atoms with van der Waals surface area (Å²) in [5.41, 5.74) is -1.79. The second kappa shape index (κ2) is 6.83. The molecule has 0 aliphatic heterocycles. The maximum Gasteiger partial charge on any atom is 0.330 e. The van der Waals surface area contributed by atoms with Gasteiger partial charge in [0, 0.05) is 12.5 Å². The van der Waals surface area contributed by atoms with Crippen LogP contribution in [0, 0.1) is 0 Å². The smallest absolute Gasteiger partial charge is 0.330 e. The highest BCUT2D eigenvalue weighted by Gasteiger charge is 2.24. The van der Waals surface area contributed by atoms with Crippen LogP contribution >= 0.6 is 0 Å². The van der Waals surface area contributed by atoms with Gasteiger partial charge < -0.3 is 14.3 Å². The van der Waals surface area contributed by atoms with Gasteiger partial charge in [0.25, 0.3) is 10.1 Å². The molecule has 0 heterocycles. The highest BCUT2D eigenvalue weighted by molar-refractivity contribution is 7.86. The summed E-state index contributed by atoms with van der Waals surface area (Å²) in [5.74, 6) is -0.520. The Balaban J connectivity index is 4.08. The number of ether oxygens (including phenoxy) is 1. The van der Waals surface area contributed by atoms with E-state index in [1.165, 1.54) is 0 Å². The van der Waals surface area contributed by atoms with Crippen molar-refractivity contribution in [2.24, 2.45) is 0 Å². The SMILES string of the molecule is C=CC(=O)OCC[N+](C)(C)CCC(O)S(=O)(=O)O. The molecule has 2 N–H and O–H groups in total. The molecule has 0 aromatic heterocycles. The zero-order chi connectivity index (χ0) is 14.4. The molecular weight excluding hydrogens is 262 g/mol. The van der Waals surface area contributed by atoms with Gasteiger partial charge in [-0.25, -0.2) is 4.79 Å². The van der Waals surface area contributed by atoms with Crippen molar-refractivity contribution >= 4 is 16.1 Å². The number of carbonyl (C=O) groups is 1. The first-order chi connectivity index (χ1) is 8.08. The number of rotatable bonds is 8. The molecule has 0 rings (SSSR count). The fourth-order valence-corrected chi connectivity index (χ4v) is 1.58. The van der Waals surface area contributed by atoms with E-state index < -0.39 is 21.5 Å². The van der Waals surface area contributed by atoms with E-state index in [0.29, 0.717) is 17.6 Å². The first-order valence-corrected chi connectivity index (χ1v) is 6.84. The predicted molar refractivity (Wildman–Crippen MR) is 65.2 cm³/mol. The summed E-state index contributed by atoms with van der Waals surface area (Å²) >= 11 is 0. The Morgan fingerprint density at radius 3 is 2.44 bits per heavy atom. The van der Waals surface area contributed by atoms with Gasteiger partial charge in [0.15, 0.2) is 5.44 Å². The molecule has 0 radical (unpaired) electrons. The van der Waals surface area contributed by atoms with Gasteiger partial charge in [-0.2, -0.15) is 8.42 Å². The third-order valence-electron chi connectivity index (χ3n) is 2.43. The minimum Gasteiger partial charge on any atom is -0.457 e. The van der Waals surface area contributed by atoms with Crippen molar-refractivity contribution in [2.75, 3.05) is 33.8 Å². The van der Waals surface area contributed by atoms with Gasteiger partial charge in [-0.05, 0) is 0 Å². The molecule has 0 fully saturated rings. The van der Waals surface area contributed by atoms with Crippen LogP contribution in [0.15, 0.2) is 12.7 Å². The Hall–Kier alpha value is -0.960. The number of hydrogen-bond acceptors (Lipinski definition) is 5. The molecule has 0 aliphatic carbocycles. The quantitative estimate of drug-likeness (QED) is 0.266. The second-order valence-corrected chi connectivity index (χ2v) is 6.09. The molecule has 0 saturated heterocycles. The zero-order valence-electron chi connectivity index (χ0n) is 10.6. The lowest BCUT2D eigenvalue weighted by Crippen LogP contribution is -2.44. The minimum absolute atomic E-state index is 0.0960. The van der Waals surface area contributed by atoms with Crippen LogP contribution < -0.4 is 0 Å². The normalized spacial score (nSPS) is 14.0. The summed E-state index contributed by atoms with van der Waals surface area (Å²) < 4.78 is 35.0. The number of aliphatic hydroxyl groups excluding tert-OH is 1. The largest absolute Gasteiger partial charge is 0.457 e. The summed E-state index contributed by atoms with van der Waals surface area (Å²) in [4.78, 5) is 10.8. The zero-order valence-corrected chi connectivity index (χ0v) is 11.4. The molecule has 0 aliphatic rings. The Bertz CT molecular complexity index is 389. The molecule has 8 heteroatoms. The number of carbonyl (C=O) groups excluding carboxylic acids is 1. The summed E-state index contributed by atoms with van der Waals surface area (Å²) in [6, 6.07) is 0. The standard InChI is InChI=1S/C10H19NO6S/c1-4-9(12)17-8-7-11(2,3)6-5-10(13)18(14,15)16/h4,10,13H,1,5-8H2,2-3H3/p+1. The van der Waals surface area contributed by atoms with Crippen molar-refractivity contribution in [3.8, 4) is 0 Å². The molecule has 1 unspecified atom stereocenters. The van der Waals surface area contributed by atoms with E-state index in [0.717, 1.165) is 6.08 Å². The number of likely N-dealkylation sites (N-methyl/N-ethyl adjacent to an activating group) is 1. The monoisotopic (exact) mass is 282 g/mol. The Kier molecular flexibility index (Phi) is 6.47. The van der Waals surface area contributed by atoms with Gasteiger partial charge in [-0.3, -0.25) is 4.55 Å². The van der Waals surface area contributed by atoms with Crippen molar-refractivity contribution in [3.05, 3.63) is 12.7 Å². The molecule has 0 spiro atoms. The predicted octanol–water partition coefficient (Wildman–Crippen LogP) is -0.612. The number of hydrogen-bond donors (Lipinski definition) is 2. The summed E-state index contributed by atoms with van der Waals surface area (Å²) in [5, 5.41) is 9.15. The molecule has 0 saturated carbocycles. The number of nitrogens with zero attached hydrogens (tertiary/aromatic N) is 1.